The maximum Gasteiger partial charge on any atom is 0.338 e. The maximum atomic E-state index is 13.5. The number of carbonyl (C=O) groups excluding carboxylic acids is 3. The first kappa shape index (κ1) is 28.0. The van der Waals surface area contributed by atoms with E-state index in [9.17, 15) is 14.4 Å². The van der Waals surface area contributed by atoms with Gasteiger partial charge in [0, 0.05) is 15.8 Å². The minimum atomic E-state index is -0.683. The molecule has 1 N–H and O–H groups in total. The van der Waals surface area contributed by atoms with E-state index in [1.165, 1.54) is 11.3 Å². The van der Waals surface area contributed by atoms with Gasteiger partial charge in [-0.1, -0.05) is 32.6 Å². The first-order valence-electron chi connectivity index (χ1n) is 12.3. The van der Waals surface area contributed by atoms with E-state index in [1.807, 2.05) is 29.2 Å². The number of amides is 2. The summed E-state index contributed by atoms with van der Waals surface area (Å²) in [6, 6.07) is 13.4. The van der Waals surface area contributed by atoms with Gasteiger partial charge in [-0.3, -0.25) is 14.5 Å². The van der Waals surface area contributed by atoms with Crippen molar-refractivity contribution >= 4 is 69.1 Å². The van der Waals surface area contributed by atoms with Crippen molar-refractivity contribution in [3.8, 4) is 0 Å². The van der Waals surface area contributed by atoms with Crippen LogP contribution in [-0.2, 0) is 14.3 Å². The lowest BCUT2D eigenvalue weighted by Gasteiger charge is -2.24. The lowest BCUT2D eigenvalue weighted by atomic mass is 10.1. The Hall–Kier alpha value is -2.53. The minimum absolute atomic E-state index is 0.00265. The molecule has 0 radical (unpaired) electrons. The number of nitrogens with zero attached hydrogens (tertiary/aromatic N) is 2. The number of hydrogen-bond donors (Lipinski definition) is 1. The third-order valence-corrected chi connectivity index (χ3v) is 7.10. The molecular formula is C27H32IN3O4S. The van der Waals surface area contributed by atoms with Gasteiger partial charge in [0.15, 0.2) is 5.11 Å². The van der Waals surface area contributed by atoms with Crippen molar-refractivity contribution in [3.05, 3.63) is 57.7 Å². The van der Waals surface area contributed by atoms with Crippen molar-refractivity contribution in [2.75, 3.05) is 23.4 Å². The molecule has 1 heterocycles. The molecule has 1 aliphatic heterocycles. The first-order chi connectivity index (χ1) is 17.3. The number of carbonyl (C=O) groups is 3. The van der Waals surface area contributed by atoms with E-state index in [4.69, 9.17) is 17.0 Å². The van der Waals surface area contributed by atoms with Gasteiger partial charge in [0.1, 0.15) is 6.04 Å². The van der Waals surface area contributed by atoms with E-state index < -0.39 is 12.0 Å². The summed E-state index contributed by atoms with van der Waals surface area (Å²) in [6.07, 6.45) is 5.37. The zero-order chi connectivity index (χ0) is 26.1. The zero-order valence-corrected chi connectivity index (χ0v) is 23.6. The van der Waals surface area contributed by atoms with E-state index >= 15 is 0 Å². The van der Waals surface area contributed by atoms with E-state index in [0.717, 1.165) is 29.3 Å². The number of thiocarbonyl (C=S) groups is 1. The van der Waals surface area contributed by atoms with Gasteiger partial charge in [-0.25, -0.2) is 4.79 Å². The van der Waals surface area contributed by atoms with E-state index in [-0.39, 0.29) is 24.8 Å². The molecule has 0 saturated carbocycles. The van der Waals surface area contributed by atoms with Gasteiger partial charge in [0.05, 0.1) is 24.3 Å². The van der Waals surface area contributed by atoms with Crippen molar-refractivity contribution in [1.29, 1.82) is 0 Å². The van der Waals surface area contributed by atoms with Crippen LogP contribution in [0.25, 0.3) is 0 Å². The fourth-order valence-corrected chi connectivity index (χ4v) is 4.87. The predicted octanol–water partition coefficient (Wildman–Crippen LogP) is 5.77. The van der Waals surface area contributed by atoms with Crippen molar-refractivity contribution in [3.63, 3.8) is 0 Å². The maximum absolute atomic E-state index is 13.5. The Morgan fingerprint density at radius 1 is 1.00 bits per heavy atom. The van der Waals surface area contributed by atoms with Gasteiger partial charge in [0.25, 0.3) is 5.91 Å². The molecule has 2 aromatic rings. The fraction of sp³-hybridized carbons (Fsp3) is 0.407. The summed E-state index contributed by atoms with van der Waals surface area (Å²) in [6.45, 7) is 4.81. The Bertz CT molecular complexity index is 1080. The highest BCUT2D eigenvalue weighted by Gasteiger charge is 2.43. The monoisotopic (exact) mass is 621 g/mol. The Balaban J connectivity index is 1.77. The van der Waals surface area contributed by atoms with Crippen LogP contribution in [-0.4, -0.2) is 47.0 Å². The summed E-state index contributed by atoms with van der Waals surface area (Å²) in [5.41, 5.74) is 1.65. The molecule has 0 aromatic heterocycles. The molecule has 1 atom stereocenters. The molecule has 1 fully saturated rings. The number of esters is 1. The zero-order valence-electron chi connectivity index (χ0n) is 20.7. The molecule has 36 heavy (non-hydrogen) atoms. The average molecular weight is 622 g/mol. The van der Waals surface area contributed by atoms with Crippen molar-refractivity contribution in [2.24, 2.45) is 0 Å². The van der Waals surface area contributed by atoms with Crippen LogP contribution in [0, 0.1) is 3.57 Å². The van der Waals surface area contributed by atoms with Crippen molar-refractivity contribution < 1.29 is 19.1 Å². The van der Waals surface area contributed by atoms with Gasteiger partial charge in [-0.05, 0) is 96.7 Å². The highest BCUT2D eigenvalue weighted by molar-refractivity contribution is 14.1. The second-order valence-corrected chi connectivity index (χ2v) is 10.2. The topological polar surface area (TPSA) is 79.0 Å². The molecule has 7 nitrogen and oxygen atoms in total. The Morgan fingerprint density at radius 2 is 1.67 bits per heavy atom. The van der Waals surface area contributed by atoms with E-state index in [0.29, 0.717) is 28.6 Å². The number of unbranched alkanes of at least 4 members (excludes halogenated alkanes) is 4. The summed E-state index contributed by atoms with van der Waals surface area (Å²) >= 11 is 7.94. The SMILES string of the molecule is CCCCCCCN1C(=S)N(c2ccc(C(=O)OCC)cc2)C(=O)C1CC(=O)Nc1ccc(I)cc1. The summed E-state index contributed by atoms with van der Waals surface area (Å²) in [7, 11) is 0. The lowest BCUT2D eigenvalue weighted by Crippen LogP contribution is -2.38. The van der Waals surface area contributed by atoms with Gasteiger partial charge in [-0.2, -0.15) is 0 Å². The summed E-state index contributed by atoms with van der Waals surface area (Å²) in [5.74, 6) is -0.902. The Labute approximate surface area is 231 Å². The Kier molecular flexibility index (Phi) is 10.7. The molecule has 1 unspecified atom stereocenters. The molecule has 192 valence electrons. The smallest absolute Gasteiger partial charge is 0.338 e. The minimum Gasteiger partial charge on any atom is -0.462 e. The number of anilines is 2. The van der Waals surface area contributed by atoms with Gasteiger partial charge in [-0.15, -0.1) is 0 Å². The number of ether oxygens (including phenoxy) is 1. The molecule has 0 bridgehead atoms. The van der Waals surface area contributed by atoms with Crippen LogP contribution in [0.15, 0.2) is 48.5 Å². The third kappa shape index (κ3) is 7.25. The van der Waals surface area contributed by atoms with Crippen molar-refractivity contribution in [2.45, 2.75) is 58.4 Å². The number of benzene rings is 2. The Morgan fingerprint density at radius 3 is 2.31 bits per heavy atom. The molecule has 0 spiro atoms. The molecule has 9 heteroatoms. The number of rotatable bonds is 12. The largest absolute Gasteiger partial charge is 0.462 e. The van der Waals surface area contributed by atoms with Crippen LogP contribution >= 0.6 is 34.8 Å². The normalized spacial score (nSPS) is 15.4. The molecule has 1 saturated heterocycles. The molecule has 0 aliphatic carbocycles. The average Bonchev–Trinajstić information content (AvgIpc) is 3.09. The molecule has 2 amide bonds. The number of nitrogens with one attached hydrogen (secondary N) is 1. The summed E-state index contributed by atoms with van der Waals surface area (Å²) < 4.78 is 6.11. The number of hydrogen-bond acceptors (Lipinski definition) is 5. The predicted molar refractivity (Wildman–Crippen MR) is 154 cm³/mol. The van der Waals surface area contributed by atoms with Gasteiger partial charge < -0.3 is 15.0 Å². The summed E-state index contributed by atoms with van der Waals surface area (Å²) in [5, 5.41) is 3.27. The number of halogens is 1. The first-order valence-corrected chi connectivity index (χ1v) is 13.8. The second kappa shape index (κ2) is 13.7. The van der Waals surface area contributed by atoms with Crippen LogP contribution < -0.4 is 10.2 Å². The standard InChI is InChI=1S/C27H32IN3O4S/c1-3-5-6-7-8-17-30-23(18-24(32)29-21-13-11-20(28)12-14-21)25(33)31(27(30)36)22-15-9-19(10-16-22)26(34)35-4-2/h9-16,23H,3-8,17-18H2,1-2H3,(H,29,32). The molecule has 1 aliphatic rings. The van der Waals surface area contributed by atoms with Crippen LogP contribution in [0.2, 0.25) is 0 Å². The molecule has 3 rings (SSSR count). The fourth-order valence-electron chi connectivity index (χ4n) is 4.09. The third-order valence-electron chi connectivity index (χ3n) is 5.96. The molecular weight excluding hydrogens is 589 g/mol. The summed E-state index contributed by atoms with van der Waals surface area (Å²) in [4.78, 5) is 41.8. The van der Waals surface area contributed by atoms with E-state index in [2.05, 4.69) is 34.8 Å². The van der Waals surface area contributed by atoms with Crippen LogP contribution in [0.5, 0.6) is 0 Å². The lowest BCUT2D eigenvalue weighted by molar-refractivity contribution is -0.124. The van der Waals surface area contributed by atoms with E-state index in [1.54, 1.807) is 31.2 Å². The van der Waals surface area contributed by atoms with Gasteiger partial charge >= 0.3 is 5.97 Å². The van der Waals surface area contributed by atoms with Crippen molar-refractivity contribution in [1.82, 2.24) is 4.90 Å². The molecule has 2 aromatic carbocycles. The quantitative estimate of drug-likeness (QED) is 0.140. The highest BCUT2D eigenvalue weighted by Crippen LogP contribution is 2.28. The van der Waals surface area contributed by atoms with Crippen LogP contribution in [0.3, 0.4) is 0 Å². The van der Waals surface area contributed by atoms with Gasteiger partial charge in [0.2, 0.25) is 5.91 Å². The van der Waals surface area contributed by atoms with Crippen LogP contribution in [0.1, 0.15) is 62.7 Å². The van der Waals surface area contributed by atoms with Crippen LogP contribution in [0.4, 0.5) is 11.4 Å². The highest BCUT2D eigenvalue weighted by atomic mass is 127. The second-order valence-electron chi connectivity index (χ2n) is 8.61.